The van der Waals surface area contributed by atoms with Crippen molar-refractivity contribution < 1.29 is 19.6 Å². The average Bonchev–Trinajstić information content (AvgIpc) is 3.60. The van der Waals surface area contributed by atoms with Gasteiger partial charge in [-0.2, -0.15) is 0 Å². The molecule has 2 aromatic carbocycles. The Bertz CT molecular complexity index is 1790. The van der Waals surface area contributed by atoms with E-state index in [1.807, 2.05) is 0 Å². The predicted molar refractivity (Wildman–Crippen MR) is 321 cm³/mol. The summed E-state index contributed by atoms with van der Waals surface area (Å²) in [4.78, 5) is 0. The van der Waals surface area contributed by atoms with Crippen LogP contribution in [0.2, 0.25) is 39.3 Å². The molecule has 2 aromatic rings. The van der Waals surface area contributed by atoms with Crippen molar-refractivity contribution in [2.45, 2.75) is 288 Å². The van der Waals surface area contributed by atoms with E-state index in [1.165, 1.54) is 150 Å². The second-order valence-corrected chi connectivity index (χ2v) is 36.0. The summed E-state index contributed by atoms with van der Waals surface area (Å²) in [5.74, 6) is 0. The summed E-state index contributed by atoms with van der Waals surface area (Å²) < 4.78 is 6.51. The Morgan fingerprint density at radius 3 is 0.944 bits per heavy atom. The van der Waals surface area contributed by atoms with Gasteiger partial charge in [-0.05, 0) is 147 Å². The topological polar surface area (TPSA) is 31.8 Å². The van der Waals surface area contributed by atoms with Crippen LogP contribution in [-0.2, 0) is 52.6 Å². The first-order chi connectivity index (χ1) is 34.0. The first-order valence-electron chi connectivity index (χ1n) is 30.4. The number of nitrogens with zero attached hydrogens (tertiary/aromatic N) is 4. The van der Waals surface area contributed by atoms with E-state index in [1.54, 1.807) is 52.9 Å². The average molecular weight is 1060 g/mol. The maximum absolute atomic E-state index is 13.1. The van der Waals surface area contributed by atoms with E-state index >= 15 is 0 Å². The van der Waals surface area contributed by atoms with Gasteiger partial charge in [-0.1, -0.05) is 171 Å². The maximum atomic E-state index is 13.1. The van der Waals surface area contributed by atoms with Crippen LogP contribution in [0.3, 0.4) is 0 Å². The van der Waals surface area contributed by atoms with Crippen molar-refractivity contribution in [3.05, 3.63) is 85.5 Å². The summed E-state index contributed by atoms with van der Waals surface area (Å²) in [6.45, 7) is 42.7. The van der Waals surface area contributed by atoms with Crippen LogP contribution in [0.15, 0.2) is 35.4 Å². The second-order valence-electron chi connectivity index (χ2n) is 23.6. The van der Waals surface area contributed by atoms with Crippen LogP contribution in [0.4, 0.5) is 0 Å². The molecule has 3 rings (SSSR count). The van der Waals surface area contributed by atoms with Gasteiger partial charge in [-0.3, -0.25) is 0 Å². The monoisotopic (exact) mass is 1050 g/mol. The van der Waals surface area contributed by atoms with Crippen LogP contribution in [-0.4, -0.2) is 55.0 Å². The zero-order valence-corrected chi connectivity index (χ0v) is 53.0. The van der Waals surface area contributed by atoms with Crippen LogP contribution in [0, 0.1) is 0 Å². The molecule has 71 heavy (non-hydrogen) atoms. The molecule has 0 aromatic heterocycles. The first-order valence-corrected chi connectivity index (χ1v) is 38.7. The van der Waals surface area contributed by atoms with Gasteiger partial charge in [0.2, 0.25) is 11.4 Å². The molecule has 0 saturated heterocycles. The minimum atomic E-state index is -1.38. The molecule has 7 heteroatoms. The molecular weight excluding hydrogens is 940 g/mol. The number of aryl methyl sites for hydroxylation is 4. The third-order valence-corrected chi connectivity index (χ3v) is 19.1. The third-order valence-electron chi connectivity index (χ3n) is 14.4. The fourth-order valence-electron chi connectivity index (χ4n) is 10.5. The molecule has 1 aliphatic rings. The van der Waals surface area contributed by atoms with Gasteiger partial charge in [0.15, 0.2) is 0 Å². The van der Waals surface area contributed by atoms with Gasteiger partial charge in [-0.15, -0.1) is 0 Å². The van der Waals surface area contributed by atoms with Gasteiger partial charge in [-0.25, -0.2) is 4.70 Å². The van der Waals surface area contributed by atoms with Crippen molar-refractivity contribution in [2.75, 3.05) is 26.2 Å². The Kier molecular flexibility index (Phi) is 33.5. The molecule has 0 fully saturated rings. The first kappa shape index (κ1) is 65.5. The van der Waals surface area contributed by atoms with Crippen molar-refractivity contribution in [3.63, 3.8) is 0 Å². The number of hydrogen-bond acceptors (Lipinski definition) is 2. The van der Waals surface area contributed by atoms with Gasteiger partial charge in [0, 0.05) is 38.4 Å². The molecule has 0 atom stereocenters. The zero-order chi connectivity index (χ0) is 52.8. The molecule has 0 radical (unpaired) electrons. The summed E-state index contributed by atoms with van der Waals surface area (Å²) in [7, 11) is -2.75. The van der Waals surface area contributed by atoms with E-state index in [0.717, 1.165) is 88.9 Å². The van der Waals surface area contributed by atoms with E-state index < -0.39 is 16.1 Å². The Hall–Kier alpha value is -1.63. The van der Waals surface area contributed by atoms with Crippen LogP contribution in [0.1, 0.15) is 255 Å². The Morgan fingerprint density at radius 1 is 0.380 bits per heavy atom. The third kappa shape index (κ3) is 23.8. The number of hydrogen-bond donors (Lipinski definition) is 0. The molecule has 0 unspecified atom stereocenters. The van der Waals surface area contributed by atoms with E-state index in [9.17, 15) is 5.53 Å². The molecule has 4 nitrogen and oxygen atoms in total. The van der Waals surface area contributed by atoms with Gasteiger partial charge in [0.05, 0.1) is 0 Å². The van der Waals surface area contributed by atoms with E-state index in [0.29, 0.717) is 0 Å². The summed E-state index contributed by atoms with van der Waals surface area (Å²) in [5.41, 5.74) is 30.4. The molecule has 0 bridgehead atoms. The summed E-state index contributed by atoms with van der Waals surface area (Å²) >= 11 is 1.67. The van der Waals surface area contributed by atoms with E-state index in [-0.39, 0.29) is 0 Å². The fraction of sp³-hybridized carbons (Fsp3) is 0.750. The van der Waals surface area contributed by atoms with Crippen molar-refractivity contribution >= 4 is 27.5 Å². The quantitative estimate of drug-likeness (QED) is 0.0381. The van der Waals surface area contributed by atoms with Crippen molar-refractivity contribution in [2.24, 2.45) is 0 Å². The van der Waals surface area contributed by atoms with E-state index in [2.05, 4.69) is 141 Å². The van der Waals surface area contributed by atoms with Crippen LogP contribution in [0.25, 0.3) is 16.9 Å². The van der Waals surface area contributed by atoms with Crippen LogP contribution >= 0.6 is 0 Å². The zero-order valence-electron chi connectivity index (χ0n) is 50.0. The predicted octanol–water partition coefficient (Wildman–Crippen LogP) is 20.2. The number of allylic oxidation sites excluding steroid dienone is 2. The Labute approximate surface area is 451 Å². The molecule has 410 valence electrons. The molecular formula is C64H116N4NiSi2. The van der Waals surface area contributed by atoms with E-state index in [4.69, 9.17) is 0 Å². The summed E-state index contributed by atoms with van der Waals surface area (Å²) in [6.07, 6.45) is 31.8. The SMILES string of the molecule is CCCCCCCCC1=C(c2cc(CCCCC)c(C[Si](C)(C)C)c(CCCCC)c2)[N+](=[N-])C(c2cc(CCCCC)c(C[Si](C)(C)C)c(CCCCC)c2)=C1CCCC.CC[N](CC)[Ni][N](CC)CC. The van der Waals surface area contributed by atoms with Gasteiger partial charge >= 0.3 is 76.7 Å². The molecule has 0 saturated carbocycles. The van der Waals surface area contributed by atoms with Gasteiger partial charge < -0.3 is 5.53 Å². The van der Waals surface area contributed by atoms with Gasteiger partial charge in [0.1, 0.15) is 0 Å². The normalized spacial score (nSPS) is 13.5. The molecule has 0 aliphatic carbocycles. The summed E-state index contributed by atoms with van der Waals surface area (Å²) in [5, 5.41) is 0. The Morgan fingerprint density at radius 2 is 0.648 bits per heavy atom. The summed E-state index contributed by atoms with van der Waals surface area (Å²) in [6, 6.07) is 12.8. The molecule has 0 amide bonds. The fourth-order valence-corrected chi connectivity index (χ4v) is 14.5. The van der Waals surface area contributed by atoms with Crippen LogP contribution < -0.4 is 0 Å². The van der Waals surface area contributed by atoms with Crippen molar-refractivity contribution in [1.82, 2.24) is 7.96 Å². The number of rotatable bonds is 38. The van der Waals surface area contributed by atoms with Crippen LogP contribution in [0.5, 0.6) is 0 Å². The van der Waals surface area contributed by atoms with Crippen molar-refractivity contribution in [1.29, 1.82) is 0 Å². The number of benzene rings is 2. The Balaban J connectivity index is 0.00000139. The second kappa shape index (κ2) is 36.4. The number of unbranched alkanes of at least 4 members (excludes halogenated alkanes) is 14. The molecule has 1 heterocycles. The van der Waals surface area contributed by atoms with Gasteiger partial charge in [0.25, 0.3) is 0 Å². The standard InChI is InChI=1S/C56H96N2Si2.2C4H10N.Ni/c1-13-19-25-26-27-32-38-52-51(37-24-18-6)55(49-39-45(33-28-20-14-2)53(43-59(7,8)9)46(40-49)34-29-21-15-3)58(57)56(52)50-41-47(35-30-22-16-4)54(44-60(10,11)12)48(42-50)36-31-23-17-5;2*1-3-5-4-2;/h39-42H,13-38,43-44H2,1-12H3;2*3-4H2,1-2H3;/q;2*-1;+2. The molecule has 1 aliphatic heterocycles. The van der Waals surface area contributed by atoms with Crippen molar-refractivity contribution in [3.8, 4) is 0 Å². The minimum absolute atomic E-state index is 1.03. The molecule has 0 N–H and O–H groups in total. The molecule has 0 spiro atoms.